The first-order valence-corrected chi connectivity index (χ1v) is 7.96. The Morgan fingerprint density at radius 2 is 2.14 bits per heavy atom. The van der Waals surface area contributed by atoms with Crippen molar-refractivity contribution in [2.24, 2.45) is 0 Å². The summed E-state index contributed by atoms with van der Waals surface area (Å²) in [5, 5.41) is 11.3. The van der Waals surface area contributed by atoms with Crippen molar-refractivity contribution >= 4 is 22.9 Å². The molecule has 0 spiro atoms. The number of halogens is 1. The molecule has 0 saturated heterocycles. The van der Waals surface area contributed by atoms with Gasteiger partial charge in [0.2, 0.25) is 0 Å². The topological polar surface area (TPSA) is 42.7 Å². The maximum absolute atomic E-state index is 6.19. The zero-order valence-corrected chi connectivity index (χ0v) is 12.9. The molecule has 1 aromatic carbocycles. The first kappa shape index (κ1) is 14.3. The lowest BCUT2D eigenvalue weighted by molar-refractivity contribution is 0.552. The van der Waals surface area contributed by atoms with Gasteiger partial charge in [0.05, 0.1) is 17.3 Å². The van der Waals surface area contributed by atoms with E-state index in [0.717, 1.165) is 40.9 Å². The summed E-state index contributed by atoms with van der Waals surface area (Å²) in [6.45, 7) is 2.47. The van der Waals surface area contributed by atoms with Gasteiger partial charge in [0.15, 0.2) is 0 Å². The van der Waals surface area contributed by atoms with Crippen LogP contribution in [0.15, 0.2) is 48.1 Å². The molecular weight excluding hydrogens is 304 g/mol. The van der Waals surface area contributed by atoms with Gasteiger partial charge in [-0.05, 0) is 12.1 Å². The summed E-state index contributed by atoms with van der Waals surface area (Å²) in [4.78, 5) is 4.63. The van der Waals surface area contributed by atoms with E-state index in [1.54, 1.807) is 17.5 Å². The Kier molecular flexibility index (Phi) is 4.65. The van der Waals surface area contributed by atoms with Crippen LogP contribution in [0.5, 0.6) is 0 Å². The minimum Gasteiger partial charge on any atom is -0.309 e. The molecule has 1 N–H and O–H groups in total. The Hall–Kier alpha value is -1.69. The number of nitrogens with one attached hydrogen (secondary N) is 1. The van der Waals surface area contributed by atoms with Gasteiger partial charge in [-0.1, -0.05) is 29.8 Å². The lowest BCUT2D eigenvalue weighted by Gasteiger charge is -2.03. The van der Waals surface area contributed by atoms with E-state index in [1.165, 1.54) is 0 Å². The zero-order valence-electron chi connectivity index (χ0n) is 11.4. The molecule has 0 amide bonds. The number of hydrogen-bond acceptors (Lipinski definition) is 4. The summed E-state index contributed by atoms with van der Waals surface area (Å²) >= 11 is 7.81. The molecule has 3 rings (SSSR count). The minimum absolute atomic E-state index is 0.741. The Balaban J connectivity index is 1.55. The number of benzene rings is 1. The molecule has 0 aliphatic rings. The van der Waals surface area contributed by atoms with Crippen LogP contribution in [0.4, 0.5) is 0 Å². The molecule has 3 aromatic rings. The Labute approximate surface area is 132 Å². The lowest BCUT2D eigenvalue weighted by atomic mass is 10.2. The molecule has 0 fully saturated rings. The van der Waals surface area contributed by atoms with Gasteiger partial charge in [0.1, 0.15) is 5.01 Å². The molecule has 2 heterocycles. The van der Waals surface area contributed by atoms with E-state index in [-0.39, 0.29) is 0 Å². The van der Waals surface area contributed by atoms with Crippen LogP contribution in [0, 0.1) is 0 Å². The molecule has 0 aliphatic carbocycles. The summed E-state index contributed by atoms with van der Waals surface area (Å²) in [5.74, 6) is 0. The molecule has 0 aliphatic heterocycles. The highest BCUT2D eigenvalue weighted by molar-refractivity contribution is 7.13. The fraction of sp³-hybridized carbons (Fsp3) is 0.200. The van der Waals surface area contributed by atoms with Crippen LogP contribution in [0.2, 0.25) is 5.02 Å². The van der Waals surface area contributed by atoms with E-state index in [4.69, 9.17) is 11.6 Å². The van der Waals surface area contributed by atoms with Gasteiger partial charge in [-0.2, -0.15) is 5.10 Å². The number of rotatable bonds is 6. The van der Waals surface area contributed by atoms with E-state index in [1.807, 2.05) is 41.2 Å². The second kappa shape index (κ2) is 6.85. The molecular formula is C15H15ClN4S. The molecule has 4 nitrogen and oxygen atoms in total. The standard InChI is InChI=1S/C15H15ClN4S/c16-14-5-2-1-4-13(14)15-19-12(11-21-15)10-17-7-9-20-8-3-6-18-20/h1-6,8,11,17H,7,9-10H2. The minimum atomic E-state index is 0.741. The summed E-state index contributed by atoms with van der Waals surface area (Å²) in [5.41, 5.74) is 2.03. The van der Waals surface area contributed by atoms with Gasteiger partial charge in [-0.15, -0.1) is 11.3 Å². The average molecular weight is 319 g/mol. The molecule has 0 saturated carbocycles. The van der Waals surface area contributed by atoms with E-state index < -0.39 is 0 Å². The maximum Gasteiger partial charge on any atom is 0.125 e. The molecule has 0 bridgehead atoms. The predicted molar refractivity (Wildman–Crippen MR) is 86.5 cm³/mol. The molecule has 0 atom stereocenters. The first-order valence-electron chi connectivity index (χ1n) is 6.70. The molecule has 0 radical (unpaired) electrons. The van der Waals surface area contributed by atoms with E-state index in [0.29, 0.717) is 0 Å². The van der Waals surface area contributed by atoms with Crippen molar-refractivity contribution in [3.05, 3.63) is 58.8 Å². The second-order valence-corrected chi connectivity index (χ2v) is 5.84. The quantitative estimate of drug-likeness (QED) is 0.708. The van der Waals surface area contributed by atoms with Gasteiger partial charge in [0, 0.05) is 36.4 Å². The van der Waals surface area contributed by atoms with Gasteiger partial charge in [-0.25, -0.2) is 4.98 Å². The van der Waals surface area contributed by atoms with Gasteiger partial charge >= 0.3 is 0 Å². The Bertz CT molecular complexity index is 693. The highest BCUT2D eigenvalue weighted by Crippen LogP contribution is 2.29. The summed E-state index contributed by atoms with van der Waals surface area (Å²) in [6, 6.07) is 9.72. The van der Waals surface area contributed by atoms with Crippen molar-refractivity contribution in [1.29, 1.82) is 0 Å². The Morgan fingerprint density at radius 1 is 1.24 bits per heavy atom. The molecule has 0 unspecified atom stereocenters. The van der Waals surface area contributed by atoms with Crippen LogP contribution in [0.1, 0.15) is 5.69 Å². The maximum atomic E-state index is 6.19. The van der Waals surface area contributed by atoms with Crippen LogP contribution >= 0.6 is 22.9 Å². The van der Waals surface area contributed by atoms with E-state index >= 15 is 0 Å². The van der Waals surface area contributed by atoms with Crippen molar-refractivity contribution in [3.8, 4) is 10.6 Å². The highest BCUT2D eigenvalue weighted by Gasteiger charge is 2.07. The first-order chi connectivity index (χ1) is 10.3. The van der Waals surface area contributed by atoms with Crippen molar-refractivity contribution in [2.45, 2.75) is 13.1 Å². The second-order valence-electron chi connectivity index (χ2n) is 4.57. The molecule has 2 aromatic heterocycles. The smallest absolute Gasteiger partial charge is 0.125 e. The SMILES string of the molecule is Clc1ccccc1-c1nc(CNCCn2cccn2)cs1. The zero-order chi connectivity index (χ0) is 14.5. The van der Waals surface area contributed by atoms with Crippen LogP contribution in [0.3, 0.4) is 0 Å². The fourth-order valence-electron chi connectivity index (χ4n) is 1.99. The van der Waals surface area contributed by atoms with Gasteiger partial charge in [-0.3, -0.25) is 4.68 Å². The van der Waals surface area contributed by atoms with Gasteiger partial charge < -0.3 is 5.32 Å². The largest absolute Gasteiger partial charge is 0.309 e. The summed E-state index contributed by atoms with van der Waals surface area (Å²) < 4.78 is 1.91. The van der Waals surface area contributed by atoms with E-state index in [2.05, 4.69) is 20.8 Å². The third kappa shape index (κ3) is 3.69. The Morgan fingerprint density at radius 3 is 2.95 bits per heavy atom. The summed E-state index contributed by atoms with van der Waals surface area (Å²) in [7, 11) is 0. The van der Waals surface area contributed by atoms with Gasteiger partial charge in [0.25, 0.3) is 0 Å². The monoisotopic (exact) mass is 318 g/mol. The normalized spacial score (nSPS) is 10.9. The van der Waals surface area contributed by atoms with Crippen LogP contribution in [-0.2, 0) is 13.1 Å². The molecule has 108 valence electrons. The molecule has 6 heteroatoms. The summed E-state index contributed by atoms with van der Waals surface area (Å²) in [6.07, 6.45) is 3.75. The fourth-order valence-corrected chi connectivity index (χ4v) is 3.13. The highest BCUT2D eigenvalue weighted by atomic mass is 35.5. The van der Waals surface area contributed by atoms with Crippen molar-refractivity contribution in [1.82, 2.24) is 20.1 Å². The number of aromatic nitrogens is 3. The van der Waals surface area contributed by atoms with Crippen molar-refractivity contribution < 1.29 is 0 Å². The van der Waals surface area contributed by atoms with E-state index in [9.17, 15) is 0 Å². The van der Waals surface area contributed by atoms with Crippen molar-refractivity contribution in [2.75, 3.05) is 6.54 Å². The van der Waals surface area contributed by atoms with Crippen LogP contribution in [0.25, 0.3) is 10.6 Å². The number of hydrogen-bond donors (Lipinski definition) is 1. The molecule has 21 heavy (non-hydrogen) atoms. The lowest BCUT2D eigenvalue weighted by Crippen LogP contribution is -2.19. The van der Waals surface area contributed by atoms with Crippen LogP contribution in [-0.4, -0.2) is 21.3 Å². The van der Waals surface area contributed by atoms with Crippen LogP contribution < -0.4 is 5.32 Å². The predicted octanol–water partition coefficient (Wildman–Crippen LogP) is 3.45. The third-order valence-corrected chi connectivity index (χ3v) is 4.29. The average Bonchev–Trinajstić information content (AvgIpc) is 3.16. The number of nitrogens with zero attached hydrogens (tertiary/aromatic N) is 3. The van der Waals surface area contributed by atoms with Crippen molar-refractivity contribution in [3.63, 3.8) is 0 Å². The third-order valence-electron chi connectivity index (χ3n) is 3.04. The number of thiazole rings is 1.